The van der Waals surface area contributed by atoms with E-state index in [0.29, 0.717) is 18.5 Å². The standard InChI is InChI=1S/C15H13FN2O3/c1-7-3-6-11(13(19)17-7)18-14(20)9-4-5-10(16)8(2)12(9)15(18)21/h4-5,11H,1,3,6H2,2H3,(H,17,19). The highest BCUT2D eigenvalue weighted by Crippen LogP contribution is 2.31. The third kappa shape index (κ3) is 1.86. The monoisotopic (exact) mass is 288 g/mol. The summed E-state index contributed by atoms with van der Waals surface area (Å²) in [7, 11) is 0. The highest BCUT2D eigenvalue weighted by molar-refractivity contribution is 6.23. The summed E-state index contributed by atoms with van der Waals surface area (Å²) in [6.45, 7) is 5.11. The van der Waals surface area contributed by atoms with Crippen molar-refractivity contribution in [3.63, 3.8) is 0 Å². The molecule has 1 aromatic carbocycles. The van der Waals surface area contributed by atoms with Crippen molar-refractivity contribution in [2.45, 2.75) is 25.8 Å². The molecule has 0 spiro atoms. The first-order chi connectivity index (χ1) is 9.91. The summed E-state index contributed by atoms with van der Waals surface area (Å²) in [6.07, 6.45) is 0.828. The lowest BCUT2D eigenvalue weighted by molar-refractivity contribution is -0.125. The van der Waals surface area contributed by atoms with Gasteiger partial charge in [-0.3, -0.25) is 19.3 Å². The van der Waals surface area contributed by atoms with Crippen molar-refractivity contribution in [3.8, 4) is 0 Å². The van der Waals surface area contributed by atoms with Gasteiger partial charge in [-0.1, -0.05) is 6.58 Å². The quantitative estimate of drug-likeness (QED) is 0.797. The lowest BCUT2D eigenvalue weighted by Gasteiger charge is -2.29. The van der Waals surface area contributed by atoms with Crippen molar-refractivity contribution in [2.75, 3.05) is 0 Å². The van der Waals surface area contributed by atoms with Crippen molar-refractivity contribution in [3.05, 3.63) is 46.9 Å². The molecule has 1 aromatic rings. The average molecular weight is 288 g/mol. The van der Waals surface area contributed by atoms with Crippen molar-refractivity contribution in [1.29, 1.82) is 0 Å². The predicted octanol–water partition coefficient (Wildman–Crippen LogP) is 1.52. The molecule has 1 fully saturated rings. The molecule has 2 heterocycles. The van der Waals surface area contributed by atoms with Gasteiger partial charge >= 0.3 is 0 Å². The van der Waals surface area contributed by atoms with Crippen LogP contribution in [0.4, 0.5) is 4.39 Å². The number of piperidine rings is 1. The van der Waals surface area contributed by atoms with Gasteiger partial charge in [0.2, 0.25) is 5.91 Å². The zero-order valence-corrected chi connectivity index (χ0v) is 11.4. The summed E-state index contributed by atoms with van der Waals surface area (Å²) >= 11 is 0. The first-order valence-electron chi connectivity index (χ1n) is 6.57. The van der Waals surface area contributed by atoms with E-state index in [9.17, 15) is 18.8 Å². The molecule has 0 bridgehead atoms. The molecule has 0 aliphatic carbocycles. The molecule has 2 aliphatic rings. The molecule has 1 saturated heterocycles. The average Bonchev–Trinajstić information content (AvgIpc) is 2.67. The molecule has 0 saturated carbocycles. The first-order valence-corrected chi connectivity index (χ1v) is 6.57. The van der Waals surface area contributed by atoms with Crippen molar-refractivity contribution in [1.82, 2.24) is 10.2 Å². The van der Waals surface area contributed by atoms with Gasteiger partial charge in [0, 0.05) is 5.70 Å². The molecular weight excluding hydrogens is 275 g/mol. The Kier molecular flexibility index (Phi) is 2.90. The number of carbonyl (C=O) groups is 3. The number of halogens is 1. The predicted molar refractivity (Wildman–Crippen MR) is 71.9 cm³/mol. The van der Waals surface area contributed by atoms with Crippen LogP contribution in [-0.4, -0.2) is 28.7 Å². The summed E-state index contributed by atoms with van der Waals surface area (Å²) in [5.74, 6) is -2.14. The lowest BCUT2D eigenvalue weighted by Crippen LogP contribution is -2.51. The van der Waals surface area contributed by atoms with Crippen molar-refractivity contribution >= 4 is 17.7 Å². The number of benzene rings is 1. The summed E-state index contributed by atoms with van der Waals surface area (Å²) in [4.78, 5) is 37.7. The molecule has 0 aromatic heterocycles. The molecule has 108 valence electrons. The maximum atomic E-state index is 13.6. The number of hydrogen-bond donors (Lipinski definition) is 1. The van der Waals surface area contributed by atoms with E-state index in [-0.39, 0.29) is 16.7 Å². The van der Waals surface area contributed by atoms with Gasteiger partial charge in [0.15, 0.2) is 0 Å². The van der Waals surface area contributed by atoms with E-state index in [0.717, 1.165) is 11.0 Å². The topological polar surface area (TPSA) is 66.5 Å². The van der Waals surface area contributed by atoms with Gasteiger partial charge in [-0.15, -0.1) is 0 Å². The van der Waals surface area contributed by atoms with E-state index in [2.05, 4.69) is 11.9 Å². The third-order valence-corrected chi connectivity index (χ3v) is 3.91. The van der Waals surface area contributed by atoms with Gasteiger partial charge in [-0.05, 0) is 37.5 Å². The third-order valence-electron chi connectivity index (χ3n) is 3.91. The lowest BCUT2D eigenvalue weighted by atomic mass is 10.0. The smallest absolute Gasteiger partial charge is 0.262 e. The Hall–Kier alpha value is -2.50. The number of carbonyl (C=O) groups excluding carboxylic acids is 3. The molecule has 3 rings (SSSR count). The molecule has 2 aliphatic heterocycles. The van der Waals surface area contributed by atoms with E-state index >= 15 is 0 Å². The van der Waals surface area contributed by atoms with Crippen LogP contribution in [0.15, 0.2) is 24.4 Å². The maximum absolute atomic E-state index is 13.6. The van der Waals surface area contributed by atoms with Gasteiger partial charge < -0.3 is 5.32 Å². The minimum atomic E-state index is -0.870. The van der Waals surface area contributed by atoms with Crippen molar-refractivity contribution < 1.29 is 18.8 Å². The van der Waals surface area contributed by atoms with E-state index in [1.807, 2.05) is 0 Å². The zero-order chi connectivity index (χ0) is 15.3. The fourth-order valence-electron chi connectivity index (χ4n) is 2.77. The highest BCUT2D eigenvalue weighted by Gasteiger charge is 2.44. The highest BCUT2D eigenvalue weighted by atomic mass is 19.1. The van der Waals surface area contributed by atoms with Crippen LogP contribution >= 0.6 is 0 Å². The molecule has 1 atom stereocenters. The number of nitrogens with one attached hydrogen (secondary N) is 1. The molecule has 3 amide bonds. The van der Waals surface area contributed by atoms with Crippen LogP contribution in [0.3, 0.4) is 0 Å². The van der Waals surface area contributed by atoms with Crippen LogP contribution in [0.1, 0.15) is 39.1 Å². The second-order valence-corrected chi connectivity index (χ2v) is 5.22. The van der Waals surface area contributed by atoms with Crippen LogP contribution in [0.2, 0.25) is 0 Å². The largest absolute Gasteiger partial charge is 0.329 e. The number of allylic oxidation sites excluding steroid dienone is 1. The Morgan fingerprint density at radius 2 is 2.00 bits per heavy atom. The van der Waals surface area contributed by atoms with Gasteiger partial charge in [0.05, 0.1) is 11.1 Å². The fourth-order valence-corrected chi connectivity index (χ4v) is 2.77. The van der Waals surface area contributed by atoms with Gasteiger partial charge in [0.25, 0.3) is 11.8 Å². The SMILES string of the molecule is C=C1CCC(N2C(=O)c3ccc(F)c(C)c3C2=O)C(=O)N1. The van der Waals surface area contributed by atoms with Crippen LogP contribution < -0.4 is 5.32 Å². The normalized spacial score (nSPS) is 21.6. The molecule has 6 heteroatoms. The Balaban J connectivity index is 2.02. The van der Waals surface area contributed by atoms with Crippen LogP contribution in [0.25, 0.3) is 0 Å². The summed E-state index contributed by atoms with van der Waals surface area (Å²) in [5.41, 5.74) is 0.900. The van der Waals surface area contributed by atoms with E-state index in [1.54, 1.807) is 0 Å². The Labute approximate surface area is 120 Å². The number of amides is 3. The minimum absolute atomic E-state index is 0.0530. The fraction of sp³-hybridized carbons (Fsp3) is 0.267. The first kappa shape index (κ1) is 13.5. The number of fused-ring (bicyclic) bond motifs is 1. The minimum Gasteiger partial charge on any atom is -0.329 e. The Morgan fingerprint density at radius 3 is 2.67 bits per heavy atom. The maximum Gasteiger partial charge on any atom is 0.262 e. The second kappa shape index (κ2) is 4.51. The van der Waals surface area contributed by atoms with E-state index in [1.165, 1.54) is 13.0 Å². The van der Waals surface area contributed by atoms with Crippen molar-refractivity contribution in [2.24, 2.45) is 0 Å². The van der Waals surface area contributed by atoms with E-state index < -0.39 is 29.6 Å². The number of nitrogens with zero attached hydrogens (tertiary/aromatic N) is 1. The number of rotatable bonds is 1. The van der Waals surface area contributed by atoms with Gasteiger partial charge in [-0.2, -0.15) is 0 Å². The van der Waals surface area contributed by atoms with Gasteiger partial charge in [0.1, 0.15) is 11.9 Å². The summed E-state index contributed by atoms with van der Waals surface area (Å²) in [6, 6.07) is 1.58. The zero-order valence-electron chi connectivity index (χ0n) is 11.4. The number of hydrogen-bond acceptors (Lipinski definition) is 3. The number of imide groups is 1. The van der Waals surface area contributed by atoms with Crippen LogP contribution in [0, 0.1) is 12.7 Å². The van der Waals surface area contributed by atoms with E-state index in [4.69, 9.17) is 0 Å². The Morgan fingerprint density at radius 1 is 1.29 bits per heavy atom. The molecule has 1 N–H and O–H groups in total. The molecule has 5 nitrogen and oxygen atoms in total. The molecular formula is C15H13FN2O3. The second-order valence-electron chi connectivity index (χ2n) is 5.22. The van der Waals surface area contributed by atoms with Gasteiger partial charge in [-0.25, -0.2) is 4.39 Å². The molecule has 0 radical (unpaired) electrons. The summed E-state index contributed by atoms with van der Waals surface area (Å²) < 4.78 is 13.6. The van der Waals surface area contributed by atoms with Crippen LogP contribution in [-0.2, 0) is 4.79 Å². The van der Waals surface area contributed by atoms with Crippen LogP contribution in [0.5, 0.6) is 0 Å². The molecule has 1 unspecified atom stereocenters. The Bertz CT molecular complexity index is 711. The summed E-state index contributed by atoms with van der Waals surface area (Å²) in [5, 5.41) is 2.55. The molecule has 21 heavy (non-hydrogen) atoms.